The van der Waals surface area contributed by atoms with Crippen LogP contribution in [0, 0.1) is 5.92 Å². The number of benzene rings is 1. The molecule has 1 aromatic carbocycles. The number of esters is 1. The molecule has 0 radical (unpaired) electrons. The first kappa shape index (κ1) is 22.6. The molecule has 0 unspecified atom stereocenters. The number of aliphatic carboxylic acids is 2. The van der Waals surface area contributed by atoms with Crippen molar-refractivity contribution in [2.45, 2.75) is 45.4 Å². The Morgan fingerprint density at radius 3 is 1.92 bits per heavy atom. The number of nitrogens with two attached hydrogens (primary N) is 2. The molecule has 0 saturated heterocycles. The molecular weight excluding hydrogens is 328 g/mol. The molecule has 0 saturated carbocycles. The molecule has 0 aliphatic carbocycles. The molecular formula is C17H26N2O6. The van der Waals surface area contributed by atoms with Crippen LogP contribution in [0.25, 0.3) is 0 Å². The summed E-state index contributed by atoms with van der Waals surface area (Å²) in [5.41, 5.74) is 11.3. The van der Waals surface area contributed by atoms with Gasteiger partial charge in [0.1, 0.15) is 18.7 Å². The summed E-state index contributed by atoms with van der Waals surface area (Å²) in [6.07, 6.45) is 0.234. The van der Waals surface area contributed by atoms with E-state index >= 15 is 0 Å². The molecule has 8 nitrogen and oxygen atoms in total. The smallest absolute Gasteiger partial charge is 0.321 e. The van der Waals surface area contributed by atoms with Gasteiger partial charge in [-0.2, -0.15) is 0 Å². The molecule has 0 spiro atoms. The molecule has 2 atom stereocenters. The number of carboxylic acids is 2. The zero-order valence-electron chi connectivity index (χ0n) is 14.4. The summed E-state index contributed by atoms with van der Waals surface area (Å²) < 4.78 is 4.87. The van der Waals surface area contributed by atoms with Gasteiger partial charge in [-0.25, -0.2) is 0 Å². The van der Waals surface area contributed by atoms with Gasteiger partial charge in [-0.05, 0) is 17.9 Å². The Morgan fingerprint density at radius 2 is 1.52 bits per heavy atom. The zero-order valence-corrected chi connectivity index (χ0v) is 14.4. The van der Waals surface area contributed by atoms with Gasteiger partial charge >= 0.3 is 17.9 Å². The lowest BCUT2D eigenvalue weighted by atomic mass is 10.1. The Hall–Kier alpha value is -2.45. The van der Waals surface area contributed by atoms with Crippen molar-refractivity contribution in [1.82, 2.24) is 0 Å². The summed E-state index contributed by atoms with van der Waals surface area (Å²) in [6, 6.07) is 7.23. The van der Waals surface area contributed by atoms with Crippen LogP contribution in [0.1, 0.15) is 32.3 Å². The lowest BCUT2D eigenvalue weighted by Gasteiger charge is -2.07. The maximum absolute atomic E-state index is 11.2. The standard InChI is InChI=1S/C11H13NO4.C6H13NO2/c12-9(11(14)15)6-10(13)16-7-8-4-2-1-3-5-8;1-4(2)3-5(7)6(8)9/h1-5,9H,6-7,12H2,(H,14,15);4-5H,3,7H2,1-2H3,(H,8,9)/t9-;5-/m00/s1. The Morgan fingerprint density at radius 1 is 1.00 bits per heavy atom. The van der Waals surface area contributed by atoms with Gasteiger partial charge in [-0.15, -0.1) is 0 Å². The lowest BCUT2D eigenvalue weighted by Crippen LogP contribution is -2.33. The molecule has 0 aliphatic rings. The highest BCUT2D eigenvalue weighted by atomic mass is 16.5. The van der Waals surface area contributed by atoms with Crippen molar-refractivity contribution in [3.8, 4) is 0 Å². The fourth-order valence-electron chi connectivity index (χ4n) is 1.67. The Labute approximate surface area is 146 Å². The number of ether oxygens (including phenoxy) is 1. The van der Waals surface area contributed by atoms with Gasteiger partial charge in [-0.3, -0.25) is 14.4 Å². The minimum atomic E-state index is -1.21. The fraction of sp³-hybridized carbons (Fsp3) is 0.471. The first-order valence-corrected chi connectivity index (χ1v) is 7.79. The molecule has 0 aromatic heterocycles. The third-order valence-electron chi connectivity index (χ3n) is 2.99. The van der Waals surface area contributed by atoms with Gasteiger partial charge in [0.15, 0.2) is 0 Å². The predicted molar refractivity (Wildman–Crippen MR) is 91.5 cm³/mol. The average Bonchev–Trinajstić information content (AvgIpc) is 2.53. The number of carboxylic acid groups (broad SMARTS) is 2. The minimum absolute atomic E-state index is 0.131. The second kappa shape index (κ2) is 12.0. The van der Waals surface area contributed by atoms with Gasteiger partial charge in [0.05, 0.1) is 6.42 Å². The lowest BCUT2D eigenvalue weighted by molar-refractivity contribution is -0.149. The summed E-state index contributed by atoms with van der Waals surface area (Å²) in [5.74, 6) is -2.38. The van der Waals surface area contributed by atoms with Gasteiger partial charge < -0.3 is 26.4 Å². The van der Waals surface area contributed by atoms with Crippen LogP contribution in [-0.2, 0) is 25.7 Å². The highest BCUT2D eigenvalue weighted by Gasteiger charge is 2.17. The van der Waals surface area contributed by atoms with Gasteiger partial charge in [0.2, 0.25) is 0 Å². The Kier molecular flexibility index (Phi) is 10.8. The van der Waals surface area contributed by atoms with Crippen molar-refractivity contribution in [3.05, 3.63) is 35.9 Å². The summed E-state index contributed by atoms with van der Waals surface area (Å²) in [7, 11) is 0. The molecule has 8 heteroatoms. The van der Waals surface area contributed by atoms with Crippen molar-refractivity contribution in [3.63, 3.8) is 0 Å². The quantitative estimate of drug-likeness (QED) is 0.504. The first-order valence-electron chi connectivity index (χ1n) is 7.79. The van der Waals surface area contributed by atoms with E-state index in [0.29, 0.717) is 12.3 Å². The molecule has 0 fully saturated rings. The molecule has 0 heterocycles. The molecule has 140 valence electrons. The summed E-state index contributed by atoms with van der Waals surface area (Å²) in [4.78, 5) is 31.7. The maximum Gasteiger partial charge on any atom is 0.321 e. The largest absolute Gasteiger partial charge is 0.480 e. The highest BCUT2D eigenvalue weighted by Crippen LogP contribution is 2.03. The molecule has 0 amide bonds. The van der Waals surface area contributed by atoms with E-state index < -0.39 is 30.0 Å². The summed E-state index contributed by atoms with van der Waals surface area (Å²) in [5, 5.41) is 16.8. The van der Waals surface area contributed by atoms with Crippen molar-refractivity contribution in [2.75, 3.05) is 0 Å². The van der Waals surface area contributed by atoms with Crippen LogP contribution in [0.15, 0.2) is 30.3 Å². The van der Waals surface area contributed by atoms with Crippen LogP contribution >= 0.6 is 0 Å². The normalized spacial score (nSPS) is 12.5. The number of hydrogen-bond acceptors (Lipinski definition) is 6. The average molecular weight is 354 g/mol. The van der Waals surface area contributed by atoms with E-state index in [1.807, 2.05) is 44.2 Å². The second-order valence-electron chi connectivity index (χ2n) is 5.87. The van der Waals surface area contributed by atoms with Gasteiger partial charge in [-0.1, -0.05) is 44.2 Å². The molecule has 1 rings (SSSR count). The molecule has 0 aliphatic heterocycles. The van der Waals surface area contributed by atoms with Crippen molar-refractivity contribution < 1.29 is 29.3 Å². The topological polar surface area (TPSA) is 153 Å². The van der Waals surface area contributed by atoms with E-state index in [1.165, 1.54) is 0 Å². The molecule has 1 aromatic rings. The van der Waals surface area contributed by atoms with Crippen LogP contribution in [0.3, 0.4) is 0 Å². The Bertz CT molecular complexity index is 547. The van der Waals surface area contributed by atoms with E-state index in [9.17, 15) is 14.4 Å². The van der Waals surface area contributed by atoms with E-state index in [4.69, 9.17) is 26.4 Å². The van der Waals surface area contributed by atoms with Crippen molar-refractivity contribution in [2.24, 2.45) is 17.4 Å². The molecule has 6 N–H and O–H groups in total. The van der Waals surface area contributed by atoms with Crippen LogP contribution in [0.5, 0.6) is 0 Å². The fourth-order valence-corrected chi connectivity index (χ4v) is 1.67. The van der Waals surface area contributed by atoms with Crippen LogP contribution in [0.2, 0.25) is 0 Å². The monoisotopic (exact) mass is 354 g/mol. The third kappa shape index (κ3) is 11.7. The van der Waals surface area contributed by atoms with Crippen LogP contribution in [0.4, 0.5) is 0 Å². The summed E-state index contributed by atoms with van der Waals surface area (Å²) in [6.45, 7) is 4.03. The van der Waals surface area contributed by atoms with Crippen molar-refractivity contribution >= 4 is 17.9 Å². The zero-order chi connectivity index (χ0) is 19.4. The van der Waals surface area contributed by atoms with Gasteiger partial charge in [0, 0.05) is 0 Å². The van der Waals surface area contributed by atoms with Crippen LogP contribution in [-0.4, -0.2) is 40.2 Å². The number of carbonyl (C=O) groups excluding carboxylic acids is 1. The van der Waals surface area contributed by atoms with E-state index in [-0.39, 0.29) is 13.0 Å². The van der Waals surface area contributed by atoms with E-state index in [1.54, 1.807) is 0 Å². The molecule has 0 bridgehead atoms. The molecule has 25 heavy (non-hydrogen) atoms. The van der Waals surface area contributed by atoms with E-state index in [0.717, 1.165) is 5.56 Å². The second-order valence-corrected chi connectivity index (χ2v) is 5.87. The highest BCUT2D eigenvalue weighted by molar-refractivity contribution is 5.81. The third-order valence-corrected chi connectivity index (χ3v) is 2.99. The summed E-state index contributed by atoms with van der Waals surface area (Å²) >= 11 is 0. The SMILES string of the molecule is CC(C)C[C@H](N)C(=O)O.N[C@@H](CC(=O)OCc1ccccc1)C(=O)O. The Balaban J connectivity index is 0.000000547. The number of rotatable bonds is 8. The van der Waals surface area contributed by atoms with Crippen molar-refractivity contribution in [1.29, 1.82) is 0 Å². The minimum Gasteiger partial charge on any atom is -0.480 e. The maximum atomic E-state index is 11.2. The van der Waals surface area contributed by atoms with Gasteiger partial charge in [0.25, 0.3) is 0 Å². The number of carbonyl (C=O) groups is 3. The van der Waals surface area contributed by atoms with Crippen LogP contribution < -0.4 is 11.5 Å². The first-order chi connectivity index (χ1) is 11.6. The van der Waals surface area contributed by atoms with E-state index in [2.05, 4.69) is 0 Å². The number of hydrogen-bond donors (Lipinski definition) is 4. The predicted octanol–water partition coefficient (Wildman–Crippen LogP) is 0.976.